The van der Waals surface area contributed by atoms with Crippen molar-refractivity contribution in [2.75, 3.05) is 4.72 Å². The third-order valence-corrected chi connectivity index (χ3v) is 3.52. The third-order valence-electron chi connectivity index (χ3n) is 2.23. The first kappa shape index (κ1) is 12.5. The molecule has 0 saturated heterocycles. The Kier molecular flexibility index (Phi) is 3.28. The van der Waals surface area contributed by atoms with Crippen LogP contribution in [0.4, 0.5) is 10.2 Å². The van der Waals surface area contributed by atoms with Gasteiger partial charge >= 0.3 is 0 Å². The molecular formula is C10H11FN4O2S. The predicted molar refractivity (Wildman–Crippen MR) is 63.0 cm³/mol. The number of pyridine rings is 1. The normalized spacial score (nSPS) is 11.4. The zero-order valence-electron chi connectivity index (χ0n) is 9.51. The standard InChI is InChI=1S/C10H11FN4O2S/c1-2-7-6-9(14-13-7)15-18(16,17)10-8(11)4-3-5-12-10/h3-6H,2H2,1H3,(H2,13,14,15). The number of anilines is 1. The minimum Gasteiger partial charge on any atom is -0.280 e. The summed E-state index contributed by atoms with van der Waals surface area (Å²) in [5, 5.41) is 5.77. The van der Waals surface area contributed by atoms with Crippen LogP contribution in [0.2, 0.25) is 0 Å². The van der Waals surface area contributed by atoms with Crippen LogP contribution in [0, 0.1) is 5.82 Å². The molecule has 0 bridgehead atoms. The van der Waals surface area contributed by atoms with E-state index in [2.05, 4.69) is 19.9 Å². The van der Waals surface area contributed by atoms with Crippen molar-refractivity contribution in [3.05, 3.63) is 35.9 Å². The fourth-order valence-corrected chi connectivity index (χ4v) is 2.35. The first-order valence-electron chi connectivity index (χ1n) is 5.20. The van der Waals surface area contributed by atoms with Crippen molar-refractivity contribution >= 4 is 15.8 Å². The molecule has 0 amide bonds. The smallest absolute Gasteiger partial charge is 0.280 e. The van der Waals surface area contributed by atoms with E-state index in [9.17, 15) is 12.8 Å². The monoisotopic (exact) mass is 270 g/mol. The Morgan fingerprint density at radius 3 is 2.89 bits per heavy atom. The van der Waals surface area contributed by atoms with Gasteiger partial charge in [-0.3, -0.25) is 9.82 Å². The van der Waals surface area contributed by atoms with E-state index in [1.54, 1.807) is 6.07 Å². The molecule has 2 aromatic heterocycles. The van der Waals surface area contributed by atoms with Gasteiger partial charge < -0.3 is 0 Å². The van der Waals surface area contributed by atoms with Crippen LogP contribution >= 0.6 is 0 Å². The van der Waals surface area contributed by atoms with Crippen molar-refractivity contribution in [1.29, 1.82) is 0 Å². The van der Waals surface area contributed by atoms with E-state index in [1.165, 1.54) is 12.3 Å². The lowest BCUT2D eigenvalue weighted by Crippen LogP contribution is -2.16. The summed E-state index contributed by atoms with van der Waals surface area (Å²) >= 11 is 0. The summed E-state index contributed by atoms with van der Waals surface area (Å²) in [7, 11) is -4.06. The number of aromatic nitrogens is 3. The molecule has 8 heteroatoms. The van der Waals surface area contributed by atoms with Gasteiger partial charge in [-0.05, 0) is 18.6 Å². The first-order chi connectivity index (χ1) is 8.53. The summed E-state index contributed by atoms with van der Waals surface area (Å²) in [4.78, 5) is 3.51. The molecule has 0 aliphatic rings. The maximum Gasteiger partial charge on any atom is 0.283 e. The molecule has 18 heavy (non-hydrogen) atoms. The predicted octanol–water partition coefficient (Wildman–Crippen LogP) is 1.31. The molecule has 0 unspecified atom stereocenters. The first-order valence-corrected chi connectivity index (χ1v) is 6.69. The lowest BCUT2D eigenvalue weighted by Gasteiger charge is -2.04. The molecule has 0 aliphatic heterocycles. The van der Waals surface area contributed by atoms with Crippen LogP contribution in [-0.2, 0) is 16.4 Å². The lowest BCUT2D eigenvalue weighted by molar-refractivity contribution is 0.556. The summed E-state index contributed by atoms with van der Waals surface area (Å²) in [5.41, 5.74) is 0.772. The quantitative estimate of drug-likeness (QED) is 0.876. The average molecular weight is 270 g/mol. The Labute approximate surface area is 103 Å². The van der Waals surface area contributed by atoms with Crippen molar-refractivity contribution < 1.29 is 12.8 Å². The van der Waals surface area contributed by atoms with E-state index in [0.717, 1.165) is 11.8 Å². The third kappa shape index (κ3) is 2.48. The van der Waals surface area contributed by atoms with Crippen LogP contribution in [0.1, 0.15) is 12.6 Å². The van der Waals surface area contributed by atoms with E-state index in [1.807, 2.05) is 6.92 Å². The Morgan fingerprint density at radius 2 is 2.28 bits per heavy atom. The molecule has 0 fully saturated rings. The van der Waals surface area contributed by atoms with E-state index in [4.69, 9.17) is 0 Å². The Hall–Kier alpha value is -1.96. The number of aryl methyl sites for hydroxylation is 1. The molecule has 0 saturated carbocycles. The fourth-order valence-electron chi connectivity index (χ4n) is 1.35. The second kappa shape index (κ2) is 4.73. The number of nitrogens with zero attached hydrogens (tertiary/aromatic N) is 2. The molecule has 0 atom stereocenters. The largest absolute Gasteiger partial charge is 0.283 e. The maximum absolute atomic E-state index is 13.3. The number of sulfonamides is 1. The maximum atomic E-state index is 13.3. The summed E-state index contributed by atoms with van der Waals surface area (Å²) < 4.78 is 39.2. The van der Waals surface area contributed by atoms with Gasteiger partial charge in [-0.2, -0.15) is 13.5 Å². The molecule has 2 rings (SSSR count). The highest BCUT2D eigenvalue weighted by Gasteiger charge is 2.21. The van der Waals surface area contributed by atoms with Gasteiger partial charge in [0.15, 0.2) is 11.6 Å². The van der Waals surface area contributed by atoms with Gasteiger partial charge in [-0.15, -0.1) is 0 Å². The summed E-state index contributed by atoms with van der Waals surface area (Å²) in [5.74, 6) is -0.798. The molecule has 6 nitrogen and oxygen atoms in total. The van der Waals surface area contributed by atoms with Crippen LogP contribution in [0.5, 0.6) is 0 Å². The molecule has 2 aromatic rings. The zero-order chi connectivity index (χ0) is 13.2. The minimum absolute atomic E-state index is 0.108. The van der Waals surface area contributed by atoms with Gasteiger partial charge in [-0.25, -0.2) is 9.37 Å². The highest BCUT2D eigenvalue weighted by atomic mass is 32.2. The number of aromatic amines is 1. The van der Waals surface area contributed by atoms with E-state index in [-0.39, 0.29) is 5.82 Å². The molecule has 0 spiro atoms. The zero-order valence-corrected chi connectivity index (χ0v) is 10.3. The van der Waals surface area contributed by atoms with Crippen LogP contribution in [0.15, 0.2) is 29.4 Å². The van der Waals surface area contributed by atoms with E-state index >= 15 is 0 Å². The lowest BCUT2D eigenvalue weighted by atomic mass is 10.3. The molecule has 0 aromatic carbocycles. The molecule has 96 valence electrons. The number of hydrogen-bond donors (Lipinski definition) is 2. The highest BCUT2D eigenvalue weighted by molar-refractivity contribution is 7.92. The van der Waals surface area contributed by atoms with Gasteiger partial charge in [0.25, 0.3) is 10.0 Å². The summed E-state index contributed by atoms with van der Waals surface area (Å²) in [6, 6.07) is 3.89. The summed E-state index contributed by atoms with van der Waals surface area (Å²) in [6.07, 6.45) is 1.90. The van der Waals surface area contributed by atoms with Crippen molar-refractivity contribution in [2.45, 2.75) is 18.4 Å². The number of H-pyrrole nitrogens is 1. The van der Waals surface area contributed by atoms with Crippen LogP contribution < -0.4 is 4.72 Å². The van der Waals surface area contributed by atoms with E-state index < -0.39 is 20.9 Å². The second-order valence-corrected chi connectivity index (χ2v) is 5.13. The van der Waals surface area contributed by atoms with Crippen LogP contribution in [0.25, 0.3) is 0 Å². The number of halogens is 1. The van der Waals surface area contributed by atoms with Crippen molar-refractivity contribution in [3.8, 4) is 0 Å². The number of nitrogens with one attached hydrogen (secondary N) is 2. The molecule has 2 heterocycles. The minimum atomic E-state index is -4.06. The molecule has 0 radical (unpaired) electrons. The van der Waals surface area contributed by atoms with Crippen molar-refractivity contribution in [1.82, 2.24) is 15.2 Å². The summed E-state index contributed by atoms with van der Waals surface area (Å²) in [6.45, 7) is 1.89. The fraction of sp³-hybridized carbons (Fsp3) is 0.200. The Morgan fingerprint density at radius 1 is 1.50 bits per heavy atom. The SMILES string of the molecule is CCc1cc(NS(=O)(=O)c2ncccc2F)n[nH]1. The van der Waals surface area contributed by atoms with Gasteiger partial charge in [0.05, 0.1) is 0 Å². The van der Waals surface area contributed by atoms with Crippen molar-refractivity contribution in [2.24, 2.45) is 0 Å². The van der Waals surface area contributed by atoms with E-state index in [0.29, 0.717) is 6.42 Å². The number of hydrogen-bond acceptors (Lipinski definition) is 4. The van der Waals surface area contributed by atoms with Gasteiger partial charge in [0.2, 0.25) is 5.03 Å². The van der Waals surface area contributed by atoms with Crippen LogP contribution in [0.3, 0.4) is 0 Å². The topological polar surface area (TPSA) is 87.7 Å². The van der Waals surface area contributed by atoms with Gasteiger partial charge in [-0.1, -0.05) is 6.92 Å². The van der Waals surface area contributed by atoms with Gasteiger partial charge in [0.1, 0.15) is 0 Å². The van der Waals surface area contributed by atoms with Crippen LogP contribution in [-0.4, -0.2) is 23.6 Å². The average Bonchev–Trinajstić information content (AvgIpc) is 2.76. The van der Waals surface area contributed by atoms with Gasteiger partial charge in [0, 0.05) is 18.0 Å². The molecular weight excluding hydrogens is 259 g/mol. The second-order valence-electron chi connectivity index (χ2n) is 3.53. The molecule has 0 aliphatic carbocycles. The Balaban J connectivity index is 2.30. The molecule has 2 N–H and O–H groups in total. The highest BCUT2D eigenvalue weighted by Crippen LogP contribution is 2.15. The number of rotatable bonds is 4. The Bertz CT molecular complexity index is 653. The van der Waals surface area contributed by atoms with Crippen molar-refractivity contribution in [3.63, 3.8) is 0 Å².